The lowest BCUT2D eigenvalue weighted by atomic mass is 9.77. The standard InChI is InChI=1S/C32H33N7O3/c1-37-28-13-26(33-14-22(28)15-34-37)25-17-39(36-30(25)20-5-6-20)23-11-19(12-23)3-2-18-4-7-24-21(10-18)16-38(32(24)42)27-8-9-29(40)35-31(27)41/h4,7,10,13-15,17,19-20,23,27H,2-3,5-6,8-9,11-12,16H2,1H3,(H,35,40,41)/t19?,23?,27-/m1/s1. The Balaban J connectivity index is 0.910. The first-order valence-electron chi connectivity index (χ1n) is 15.0. The van der Waals surface area contributed by atoms with Gasteiger partial charge in [0.25, 0.3) is 5.91 Å². The third-order valence-corrected chi connectivity index (χ3v) is 9.65. The predicted molar refractivity (Wildman–Crippen MR) is 154 cm³/mol. The summed E-state index contributed by atoms with van der Waals surface area (Å²) in [6, 6.07) is 8.06. The average molecular weight is 564 g/mol. The van der Waals surface area contributed by atoms with Gasteiger partial charge in [0.05, 0.1) is 29.1 Å². The molecule has 10 nitrogen and oxygen atoms in total. The van der Waals surface area contributed by atoms with E-state index in [0.717, 1.165) is 53.4 Å². The van der Waals surface area contributed by atoms with E-state index < -0.39 is 6.04 Å². The van der Waals surface area contributed by atoms with Crippen molar-refractivity contribution in [3.8, 4) is 11.3 Å². The molecule has 214 valence electrons. The van der Waals surface area contributed by atoms with Gasteiger partial charge in [0, 0.05) is 54.8 Å². The average Bonchev–Trinajstić information content (AvgIpc) is 3.49. The number of carbonyl (C=O) groups is 3. The normalized spacial score (nSPS) is 23.8. The molecule has 42 heavy (non-hydrogen) atoms. The van der Waals surface area contributed by atoms with E-state index in [1.807, 2.05) is 30.2 Å². The van der Waals surface area contributed by atoms with Crippen LogP contribution in [0.3, 0.4) is 0 Å². The number of benzene rings is 1. The Labute approximate surface area is 243 Å². The predicted octanol–water partition coefficient (Wildman–Crippen LogP) is 4.05. The highest BCUT2D eigenvalue weighted by Crippen LogP contribution is 2.46. The summed E-state index contributed by atoms with van der Waals surface area (Å²) >= 11 is 0. The van der Waals surface area contributed by atoms with Gasteiger partial charge >= 0.3 is 0 Å². The molecule has 10 heteroatoms. The van der Waals surface area contributed by atoms with E-state index >= 15 is 0 Å². The highest BCUT2D eigenvalue weighted by molar-refractivity contribution is 6.05. The van der Waals surface area contributed by atoms with Gasteiger partial charge in [-0.3, -0.25) is 34.0 Å². The maximum absolute atomic E-state index is 13.0. The molecule has 8 rings (SSSR count). The first kappa shape index (κ1) is 25.4. The van der Waals surface area contributed by atoms with Crippen LogP contribution in [0.5, 0.6) is 0 Å². The summed E-state index contributed by atoms with van der Waals surface area (Å²) in [6.45, 7) is 0.424. The number of aryl methyl sites for hydroxylation is 2. The number of carbonyl (C=O) groups excluding carboxylic acids is 3. The first-order valence-corrected chi connectivity index (χ1v) is 15.0. The molecule has 2 saturated carbocycles. The molecule has 4 aliphatic rings. The number of imide groups is 1. The van der Waals surface area contributed by atoms with Gasteiger partial charge < -0.3 is 4.90 Å². The van der Waals surface area contributed by atoms with Crippen LogP contribution >= 0.6 is 0 Å². The Morgan fingerprint density at radius 2 is 1.88 bits per heavy atom. The second-order valence-corrected chi connectivity index (χ2v) is 12.5. The number of hydrogen-bond donors (Lipinski definition) is 1. The Kier molecular flexibility index (Phi) is 5.80. The molecule has 2 aliphatic carbocycles. The van der Waals surface area contributed by atoms with Crippen LogP contribution in [-0.2, 0) is 29.6 Å². The highest BCUT2D eigenvalue weighted by Gasteiger charge is 2.39. The minimum absolute atomic E-state index is 0.118. The van der Waals surface area contributed by atoms with Crippen molar-refractivity contribution >= 4 is 28.6 Å². The number of rotatable bonds is 7. The zero-order valence-corrected chi connectivity index (χ0v) is 23.6. The van der Waals surface area contributed by atoms with E-state index in [9.17, 15) is 14.4 Å². The van der Waals surface area contributed by atoms with Gasteiger partial charge in [-0.2, -0.15) is 10.2 Å². The second-order valence-electron chi connectivity index (χ2n) is 12.5. The minimum Gasteiger partial charge on any atom is -0.322 e. The lowest BCUT2D eigenvalue weighted by Gasteiger charge is -2.35. The van der Waals surface area contributed by atoms with E-state index in [-0.39, 0.29) is 24.1 Å². The monoisotopic (exact) mass is 563 g/mol. The summed E-state index contributed by atoms with van der Waals surface area (Å²) in [5.41, 5.74) is 7.27. The number of amides is 3. The topological polar surface area (TPSA) is 115 Å². The van der Waals surface area contributed by atoms with Crippen LogP contribution in [0.4, 0.5) is 0 Å². The zero-order chi connectivity index (χ0) is 28.5. The molecule has 1 N–H and O–H groups in total. The first-order chi connectivity index (χ1) is 20.4. The van der Waals surface area contributed by atoms with Crippen molar-refractivity contribution < 1.29 is 14.4 Å². The molecule has 3 amide bonds. The largest absolute Gasteiger partial charge is 0.322 e. The summed E-state index contributed by atoms with van der Waals surface area (Å²) in [5.74, 6) is 0.431. The fourth-order valence-electron chi connectivity index (χ4n) is 6.95. The quantitative estimate of drug-likeness (QED) is 0.339. The summed E-state index contributed by atoms with van der Waals surface area (Å²) in [6.07, 6.45) is 13.3. The Hall–Kier alpha value is -4.34. The van der Waals surface area contributed by atoms with E-state index in [2.05, 4.69) is 39.5 Å². The van der Waals surface area contributed by atoms with Crippen molar-refractivity contribution in [3.05, 3.63) is 65.2 Å². The van der Waals surface area contributed by atoms with Crippen LogP contribution in [0.15, 0.2) is 42.9 Å². The zero-order valence-electron chi connectivity index (χ0n) is 23.6. The number of piperidine rings is 1. The van der Waals surface area contributed by atoms with Crippen LogP contribution in [-0.4, -0.2) is 53.2 Å². The van der Waals surface area contributed by atoms with Crippen molar-refractivity contribution in [2.24, 2.45) is 13.0 Å². The van der Waals surface area contributed by atoms with E-state index in [1.165, 1.54) is 24.1 Å². The van der Waals surface area contributed by atoms with Crippen LogP contribution in [0.1, 0.15) is 84.1 Å². The molecular weight excluding hydrogens is 530 g/mol. The Morgan fingerprint density at radius 3 is 2.69 bits per heavy atom. The molecule has 3 aromatic heterocycles. The number of nitrogens with zero attached hydrogens (tertiary/aromatic N) is 6. The molecule has 1 saturated heterocycles. The number of pyridine rings is 1. The van der Waals surface area contributed by atoms with Gasteiger partial charge in [0.2, 0.25) is 11.8 Å². The molecule has 0 radical (unpaired) electrons. The van der Waals surface area contributed by atoms with Gasteiger partial charge in [-0.05, 0) is 74.1 Å². The minimum atomic E-state index is -0.574. The third-order valence-electron chi connectivity index (χ3n) is 9.65. The van der Waals surface area contributed by atoms with Gasteiger partial charge in [-0.15, -0.1) is 0 Å². The smallest absolute Gasteiger partial charge is 0.255 e. The highest BCUT2D eigenvalue weighted by atomic mass is 16.2. The molecule has 5 heterocycles. The van der Waals surface area contributed by atoms with Gasteiger partial charge in [0.1, 0.15) is 6.04 Å². The third kappa shape index (κ3) is 4.31. The maximum atomic E-state index is 13.0. The summed E-state index contributed by atoms with van der Waals surface area (Å²) in [7, 11) is 1.96. The molecule has 0 unspecified atom stereocenters. The van der Waals surface area contributed by atoms with Gasteiger partial charge in [-0.1, -0.05) is 12.1 Å². The molecule has 0 bridgehead atoms. The lowest BCUT2D eigenvalue weighted by Crippen LogP contribution is -2.52. The molecule has 1 aromatic carbocycles. The number of fused-ring (bicyclic) bond motifs is 2. The van der Waals surface area contributed by atoms with Crippen LogP contribution in [0, 0.1) is 5.92 Å². The molecule has 3 fully saturated rings. The molecule has 0 spiro atoms. The number of aromatic nitrogens is 5. The van der Waals surface area contributed by atoms with Crippen molar-refractivity contribution in [2.75, 3.05) is 0 Å². The number of nitrogens with one attached hydrogen (secondary N) is 1. The fraction of sp³-hybridized carbons (Fsp3) is 0.438. The summed E-state index contributed by atoms with van der Waals surface area (Å²) < 4.78 is 4.09. The van der Waals surface area contributed by atoms with Crippen molar-refractivity contribution in [2.45, 2.75) is 75.9 Å². The SMILES string of the molecule is Cn1ncc2cnc(-c3cn(C4CC(CCc5ccc6c(c5)CN([C@@H]5CCC(=O)NC5=O)C6=O)C4)nc3C3CC3)cc21. The van der Waals surface area contributed by atoms with E-state index in [0.29, 0.717) is 36.4 Å². The Bertz CT molecular complexity index is 1760. The number of hydrogen-bond acceptors (Lipinski definition) is 6. The molecule has 1 atom stereocenters. The maximum Gasteiger partial charge on any atom is 0.255 e. The van der Waals surface area contributed by atoms with E-state index in [4.69, 9.17) is 10.1 Å². The van der Waals surface area contributed by atoms with Gasteiger partial charge in [0.15, 0.2) is 0 Å². The van der Waals surface area contributed by atoms with Crippen molar-refractivity contribution in [1.29, 1.82) is 0 Å². The van der Waals surface area contributed by atoms with Crippen molar-refractivity contribution in [1.82, 2.24) is 34.8 Å². The van der Waals surface area contributed by atoms with Gasteiger partial charge in [-0.25, -0.2) is 0 Å². The second kappa shape index (κ2) is 9.61. The fourth-order valence-corrected chi connectivity index (χ4v) is 6.95. The van der Waals surface area contributed by atoms with E-state index in [1.54, 1.807) is 4.90 Å². The summed E-state index contributed by atoms with van der Waals surface area (Å²) in [5, 5.41) is 12.9. The van der Waals surface area contributed by atoms with Crippen LogP contribution < -0.4 is 5.32 Å². The molecular formula is C32H33N7O3. The molecule has 4 aromatic rings. The lowest BCUT2D eigenvalue weighted by molar-refractivity contribution is -0.136. The Morgan fingerprint density at radius 1 is 1.02 bits per heavy atom. The van der Waals surface area contributed by atoms with Crippen molar-refractivity contribution in [3.63, 3.8) is 0 Å². The summed E-state index contributed by atoms with van der Waals surface area (Å²) in [4.78, 5) is 43.2. The van der Waals surface area contributed by atoms with Crippen LogP contribution in [0.2, 0.25) is 0 Å². The molecule has 2 aliphatic heterocycles. The van der Waals surface area contributed by atoms with Crippen LogP contribution in [0.25, 0.3) is 22.2 Å².